The van der Waals surface area contributed by atoms with Gasteiger partial charge >= 0.3 is 0 Å². The summed E-state index contributed by atoms with van der Waals surface area (Å²) in [4.78, 5) is 17.4. The molecule has 0 bridgehead atoms. The van der Waals surface area contributed by atoms with Crippen LogP contribution in [0.1, 0.15) is 11.8 Å². The molecule has 0 aliphatic rings. The molecule has 0 amide bonds. The van der Waals surface area contributed by atoms with Gasteiger partial charge in [0.2, 0.25) is 0 Å². The summed E-state index contributed by atoms with van der Waals surface area (Å²) in [6, 6.07) is 12.8. The number of thioether (sulfide) groups is 1. The molecule has 6 heteroatoms. The molecule has 0 aromatic carbocycles. The van der Waals surface area contributed by atoms with Gasteiger partial charge in [0, 0.05) is 37.1 Å². The molecular formula is C17H16O2S4. The van der Waals surface area contributed by atoms with Crippen LogP contribution in [0.25, 0.3) is 19.5 Å². The van der Waals surface area contributed by atoms with Crippen molar-refractivity contribution in [3.05, 3.63) is 41.3 Å². The highest BCUT2D eigenvalue weighted by atomic mass is 32.2. The van der Waals surface area contributed by atoms with Crippen molar-refractivity contribution in [2.75, 3.05) is 12.9 Å². The zero-order valence-electron chi connectivity index (χ0n) is 12.8. The minimum atomic E-state index is 0.191. The summed E-state index contributed by atoms with van der Waals surface area (Å²) < 4.78 is 5.26. The van der Waals surface area contributed by atoms with E-state index in [-0.39, 0.29) is 5.12 Å². The van der Waals surface area contributed by atoms with Crippen molar-refractivity contribution in [3.63, 3.8) is 0 Å². The third kappa shape index (κ3) is 4.26. The van der Waals surface area contributed by atoms with Gasteiger partial charge in [0.1, 0.15) is 0 Å². The SMILES string of the molecule is COc1ccc(-c2ccc(-c3ccc(CCSC(C)=O)s3)s2)s1. The van der Waals surface area contributed by atoms with Gasteiger partial charge < -0.3 is 4.74 Å². The fraction of sp³-hybridized carbons (Fsp3) is 0.235. The third-order valence-electron chi connectivity index (χ3n) is 3.19. The number of carbonyl (C=O) groups excluding carboxylic acids is 1. The Kier molecular flexibility index (Phi) is 5.58. The van der Waals surface area contributed by atoms with Crippen LogP contribution in [0.15, 0.2) is 36.4 Å². The van der Waals surface area contributed by atoms with Crippen molar-refractivity contribution < 1.29 is 9.53 Å². The van der Waals surface area contributed by atoms with Gasteiger partial charge in [-0.25, -0.2) is 0 Å². The second kappa shape index (κ2) is 7.66. The normalized spacial score (nSPS) is 10.9. The van der Waals surface area contributed by atoms with Gasteiger partial charge in [0.25, 0.3) is 0 Å². The van der Waals surface area contributed by atoms with E-state index >= 15 is 0 Å². The molecule has 0 N–H and O–H groups in total. The lowest BCUT2D eigenvalue weighted by atomic mass is 10.3. The molecule has 0 saturated heterocycles. The largest absolute Gasteiger partial charge is 0.487 e. The lowest BCUT2D eigenvalue weighted by Crippen LogP contribution is -1.88. The first-order valence-corrected chi connectivity index (χ1v) is 10.6. The number of ether oxygens (including phenoxy) is 1. The van der Waals surface area contributed by atoms with Crippen LogP contribution in [0, 0.1) is 0 Å². The Hall–Kier alpha value is -1.08. The number of aryl methyl sites for hydroxylation is 1. The predicted molar refractivity (Wildman–Crippen MR) is 104 cm³/mol. The molecule has 0 fully saturated rings. The zero-order chi connectivity index (χ0) is 16.2. The molecule has 120 valence electrons. The maximum atomic E-state index is 11.0. The number of rotatable bonds is 6. The summed E-state index contributed by atoms with van der Waals surface area (Å²) >= 11 is 6.70. The quantitative estimate of drug-likeness (QED) is 0.522. The second-order valence-electron chi connectivity index (χ2n) is 4.84. The van der Waals surface area contributed by atoms with E-state index in [2.05, 4.69) is 30.3 Å². The molecule has 0 aliphatic heterocycles. The molecule has 3 aromatic rings. The highest BCUT2D eigenvalue weighted by molar-refractivity contribution is 8.13. The smallest absolute Gasteiger partial charge is 0.185 e. The van der Waals surface area contributed by atoms with Gasteiger partial charge in [-0.1, -0.05) is 23.1 Å². The van der Waals surface area contributed by atoms with Gasteiger partial charge in [-0.3, -0.25) is 4.79 Å². The predicted octanol–water partition coefficient (Wildman–Crippen LogP) is 6.04. The van der Waals surface area contributed by atoms with Crippen LogP contribution in [0.5, 0.6) is 5.06 Å². The van der Waals surface area contributed by atoms with Crippen LogP contribution in [-0.2, 0) is 11.2 Å². The Morgan fingerprint density at radius 1 is 0.957 bits per heavy atom. The van der Waals surface area contributed by atoms with Crippen molar-refractivity contribution in [1.29, 1.82) is 0 Å². The van der Waals surface area contributed by atoms with Gasteiger partial charge in [-0.15, -0.1) is 22.7 Å². The Morgan fingerprint density at radius 2 is 1.57 bits per heavy atom. The van der Waals surface area contributed by atoms with Crippen LogP contribution in [-0.4, -0.2) is 18.0 Å². The lowest BCUT2D eigenvalue weighted by molar-refractivity contribution is -0.109. The number of carbonyl (C=O) groups is 1. The van der Waals surface area contributed by atoms with Crippen LogP contribution < -0.4 is 4.74 Å². The molecule has 3 aromatic heterocycles. The van der Waals surface area contributed by atoms with Crippen molar-refractivity contribution in [1.82, 2.24) is 0 Å². The monoisotopic (exact) mass is 380 g/mol. The summed E-state index contributed by atoms with van der Waals surface area (Å²) in [5.74, 6) is 0.861. The van der Waals surface area contributed by atoms with Gasteiger partial charge in [-0.2, -0.15) is 0 Å². The molecule has 0 aliphatic carbocycles. The molecule has 0 radical (unpaired) electrons. The van der Waals surface area contributed by atoms with E-state index in [0.717, 1.165) is 17.2 Å². The maximum absolute atomic E-state index is 11.0. The van der Waals surface area contributed by atoms with Gasteiger partial charge in [0.05, 0.1) is 7.11 Å². The molecule has 0 saturated carbocycles. The van der Waals surface area contributed by atoms with E-state index in [1.807, 2.05) is 28.7 Å². The minimum Gasteiger partial charge on any atom is -0.487 e. The van der Waals surface area contributed by atoms with Gasteiger partial charge in [0.15, 0.2) is 10.2 Å². The average Bonchev–Trinajstić information content (AvgIpc) is 3.26. The maximum Gasteiger partial charge on any atom is 0.185 e. The Labute approximate surface area is 152 Å². The van der Waals surface area contributed by atoms with Crippen molar-refractivity contribution in [3.8, 4) is 24.6 Å². The molecule has 3 rings (SSSR count). The van der Waals surface area contributed by atoms with Crippen LogP contribution >= 0.6 is 45.8 Å². The van der Waals surface area contributed by atoms with Crippen LogP contribution in [0.4, 0.5) is 0 Å². The van der Waals surface area contributed by atoms with E-state index in [0.29, 0.717) is 0 Å². The molecule has 0 atom stereocenters. The lowest BCUT2D eigenvalue weighted by Gasteiger charge is -1.94. The first kappa shape index (κ1) is 16.8. The number of hydrogen-bond acceptors (Lipinski definition) is 6. The van der Waals surface area contributed by atoms with Crippen molar-refractivity contribution in [2.24, 2.45) is 0 Å². The van der Waals surface area contributed by atoms with Crippen LogP contribution in [0.3, 0.4) is 0 Å². The van der Waals surface area contributed by atoms with E-state index in [1.165, 1.54) is 36.1 Å². The summed E-state index contributed by atoms with van der Waals surface area (Å²) in [6.07, 6.45) is 0.954. The third-order valence-corrected chi connectivity index (χ3v) is 7.67. The highest BCUT2D eigenvalue weighted by Gasteiger charge is 2.10. The number of methoxy groups -OCH3 is 1. The van der Waals surface area contributed by atoms with Gasteiger partial charge in [-0.05, 0) is 42.8 Å². The van der Waals surface area contributed by atoms with Crippen molar-refractivity contribution >= 4 is 50.9 Å². The Bertz CT molecular complexity index is 797. The Morgan fingerprint density at radius 3 is 2.22 bits per heavy atom. The average molecular weight is 381 g/mol. The molecule has 23 heavy (non-hydrogen) atoms. The zero-order valence-corrected chi connectivity index (χ0v) is 16.1. The number of thiophene rings is 3. The minimum absolute atomic E-state index is 0.191. The van der Waals surface area contributed by atoms with Crippen LogP contribution in [0.2, 0.25) is 0 Å². The molecule has 2 nitrogen and oxygen atoms in total. The second-order valence-corrected chi connectivity index (χ2v) is 9.41. The summed E-state index contributed by atoms with van der Waals surface area (Å²) in [7, 11) is 1.70. The molecule has 0 unspecified atom stereocenters. The molecule has 0 spiro atoms. The van der Waals surface area contributed by atoms with Crippen molar-refractivity contribution in [2.45, 2.75) is 13.3 Å². The summed E-state index contributed by atoms with van der Waals surface area (Å²) in [6.45, 7) is 1.62. The van der Waals surface area contributed by atoms with E-state index in [1.54, 1.807) is 25.4 Å². The Balaban J connectivity index is 1.70. The fourth-order valence-electron chi connectivity index (χ4n) is 2.11. The first-order chi connectivity index (χ1) is 11.2. The molecule has 3 heterocycles. The number of hydrogen-bond donors (Lipinski definition) is 0. The summed E-state index contributed by atoms with van der Waals surface area (Å²) in [5.41, 5.74) is 0. The summed E-state index contributed by atoms with van der Waals surface area (Å²) in [5, 5.41) is 1.13. The van der Waals surface area contributed by atoms with E-state index in [4.69, 9.17) is 4.74 Å². The molecular weight excluding hydrogens is 364 g/mol. The van der Waals surface area contributed by atoms with E-state index in [9.17, 15) is 4.79 Å². The topological polar surface area (TPSA) is 26.3 Å². The van der Waals surface area contributed by atoms with E-state index < -0.39 is 0 Å². The standard InChI is InChI=1S/C17H16O2S4/c1-11(18)20-10-9-12-3-4-13(21-12)14-5-6-15(22-14)16-7-8-17(19-2)23-16/h3-8H,9-10H2,1-2H3. The fourth-order valence-corrected chi connectivity index (χ4v) is 5.86. The highest BCUT2D eigenvalue weighted by Crippen LogP contribution is 2.41. The first-order valence-electron chi connectivity index (χ1n) is 7.12.